The van der Waals surface area contributed by atoms with E-state index in [0.717, 1.165) is 18.5 Å². The van der Waals surface area contributed by atoms with Gasteiger partial charge in [-0.3, -0.25) is 9.69 Å². The number of likely N-dealkylation sites (tertiary alicyclic amines) is 1. The summed E-state index contributed by atoms with van der Waals surface area (Å²) in [6.45, 7) is 3.39. The number of amides is 1. The quantitative estimate of drug-likeness (QED) is 0.682. The molecule has 2 heterocycles. The molecule has 4 rings (SSSR count). The lowest BCUT2D eigenvalue weighted by atomic mass is 9.72. The molecular formula is C23H33N3O4. The number of likely N-dealkylation sites (N-methyl/N-ethyl adjacent to an activating group) is 1. The van der Waals surface area contributed by atoms with Crippen LogP contribution < -0.4 is 5.32 Å². The van der Waals surface area contributed by atoms with E-state index in [0.29, 0.717) is 36.4 Å². The van der Waals surface area contributed by atoms with Gasteiger partial charge < -0.3 is 20.3 Å². The highest BCUT2D eigenvalue weighted by atomic mass is 16.5. The van der Waals surface area contributed by atoms with Crippen molar-refractivity contribution in [2.45, 2.75) is 57.2 Å². The Hall–Kier alpha value is -2.12. The van der Waals surface area contributed by atoms with Gasteiger partial charge in [0, 0.05) is 31.3 Å². The number of ether oxygens (including phenoxy) is 1. The van der Waals surface area contributed by atoms with Crippen LogP contribution in [0.1, 0.15) is 43.2 Å². The van der Waals surface area contributed by atoms with Crippen LogP contribution in [0.25, 0.3) is 0 Å². The molecule has 1 aliphatic carbocycles. The molecule has 5 atom stereocenters. The number of hydrogen-bond donors (Lipinski definition) is 3. The number of aromatic hydroxyl groups is 1. The number of nitrogens with zero attached hydrogens (tertiary/aromatic N) is 2. The number of rotatable bonds is 5. The number of phenols is 1. The third kappa shape index (κ3) is 4.18. The van der Waals surface area contributed by atoms with E-state index in [9.17, 15) is 15.0 Å². The van der Waals surface area contributed by atoms with E-state index >= 15 is 0 Å². The van der Waals surface area contributed by atoms with E-state index in [1.807, 2.05) is 13.0 Å². The maximum atomic E-state index is 12.6. The standard InChI is InChI=1S/C23H33N3O4/c1-14-17(8-5-9-20(14)27)23-25-18(13-30-23)21(28)12-26-11-16-7-4-3-6-15(16)10-19(26)22(29)24-2/h5,8-9,15-16,18-19,21,27-28H,3-4,6-7,10-13H2,1-2H3,(H,24,29). The summed E-state index contributed by atoms with van der Waals surface area (Å²) in [6.07, 6.45) is 5.10. The Morgan fingerprint density at radius 1 is 1.33 bits per heavy atom. The minimum atomic E-state index is -0.715. The van der Waals surface area contributed by atoms with E-state index in [2.05, 4.69) is 15.2 Å². The van der Waals surface area contributed by atoms with Crippen molar-refractivity contribution in [1.82, 2.24) is 10.2 Å². The molecule has 0 radical (unpaired) electrons. The Kier molecular flexibility index (Phi) is 6.29. The van der Waals surface area contributed by atoms with Crippen molar-refractivity contribution in [3.8, 4) is 5.75 Å². The molecule has 30 heavy (non-hydrogen) atoms. The minimum absolute atomic E-state index is 0.0356. The van der Waals surface area contributed by atoms with Crippen molar-refractivity contribution in [2.24, 2.45) is 16.8 Å². The molecule has 1 saturated carbocycles. The molecule has 0 spiro atoms. The van der Waals surface area contributed by atoms with Gasteiger partial charge in [-0.25, -0.2) is 4.99 Å². The van der Waals surface area contributed by atoms with Gasteiger partial charge in [-0.2, -0.15) is 0 Å². The van der Waals surface area contributed by atoms with Gasteiger partial charge in [0.25, 0.3) is 0 Å². The summed E-state index contributed by atoms with van der Waals surface area (Å²) in [7, 11) is 1.68. The minimum Gasteiger partial charge on any atom is -0.508 e. The van der Waals surface area contributed by atoms with E-state index in [1.165, 1.54) is 25.7 Å². The van der Waals surface area contributed by atoms with Crippen LogP contribution in [0, 0.1) is 18.8 Å². The number of carbonyl (C=O) groups is 1. The Bertz CT molecular complexity index is 812. The number of piperidine rings is 1. The van der Waals surface area contributed by atoms with Crippen LogP contribution in [0.4, 0.5) is 0 Å². The monoisotopic (exact) mass is 415 g/mol. The number of aliphatic imine (C=N–C) groups is 1. The fourth-order valence-corrected chi connectivity index (χ4v) is 5.29. The number of aliphatic hydroxyl groups is 1. The number of benzene rings is 1. The summed E-state index contributed by atoms with van der Waals surface area (Å²) >= 11 is 0. The average Bonchev–Trinajstić information content (AvgIpc) is 3.25. The maximum Gasteiger partial charge on any atom is 0.237 e. The fraction of sp³-hybridized carbons (Fsp3) is 0.652. The summed E-state index contributed by atoms with van der Waals surface area (Å²) in [5.74, 6) is 1.92. The van der Waals surface area contributed by atoms with Crippen molar-refractivity contribution in [3.05, 3.63) is 29.3 Å². The molecule has 7 nitrogen and oxygen atoms in total. The van der Waals surface area contributed by atoms with Crippen LogP contribution in [0.5, 0.6) is 5.75 Å². The molecule has 0 bridgehead atoms. The second-order valence-corrected chi connectivity index (χ2v) is 8.95. The van der Waals surface area contributed by atoms with Gasteiger partial charge in [0.1, 0.15) is 18.4 Å². The van der Waals surface area contributed by atoms with Crippen molar-refractivity contribution >= 4 is 11.8 Å². The number of fused-ring (bicyclic) bond motifs is 1. The van der Waals surface area contributed by atoms with Crippen LogP contribution in [0.3, 0.4) is 0 Å². The van der Waals surface area contributed by atoms with Crippen molar-refractivity contribution < 1.29 is 19.7 Å². The van der Waals surface area contributed by atoms with Crippen LogP contribution in [-0.4, -0.2) is 71.8 Å². The van der Waals surface area contributed by atoms with Crippen molar-refractivity contribution in [2.75, 3.05) is 26.7 Å². The van der Waals surface area contributed by atoms with Crippen LogP contribution in [0.15, 0.2) is 23.2 Å². The van der Waals surface area contributed by atoms with Gasteiger partial charge >= 0.3 is 0 Å². The van der Waals surface area contributed by atoms with Gasteiger partial charge in [-0.05, 0) is 43.7 Å². The Labute approximate surface area is 178 Å². The van der Waals surface area contributed by atoms with E-state index in [1.54, 1.807) is 19.2 Å². The van der Waals surface area contributed by atoms with Gasteiger partial charge in [-0.15, -0.1) is 0 Å². The maximum absolute atomic E-state index is 12.6. The fourth-order valence-electron chi connectivity index (χ4n) is 5.29. The van der Waals surface area contributed by atoms with E-state index in [4.69, 9.17) is 4.74 Å². The van der Waals surface area contributed by atoms with E-state index in [-0.39, 0.29) is 23.7 Å². The number of phenolic OH excluding ortho intramolecular Hbond substituents is 1. The number of β-amino-alcohol motifs (C(OH)–C–C–N with tert-alkyl or cyclic N) is 1. The molecular weight excluding hydrogens is 382 g/mol. The second-order valence-electron chi connectivity index (χ2n) is 8.95. The molecule has 1 aromatic rings. The summed E-state index contributed by atoms with van der Waals surface area (Å²) in [6, 6.07) is 4.68. The first-order chi connectivity index (χ1) is 14.5. The molecule has 1 saturated heterocycles. The van der Waals surface area contributed by atoms with Gasteiger partial charge in [-0.1, -0.05) is 25.3 Å². The molecule has 1 aromatic carbocycles. The first kappa shape index (κ1) is 21.1. The third-order valence-electron chi connectivity index (χ3n) is 7.13. The zero-order valence-corrected chi connectivity index (χ0v) is 17.9. The van der Waals surface area contributed by atoms with Crippen molar-refractivity contribution in [1.29, 1.82) is 0 Å². The Morgan fingerprint density at radius 2 is 2.10 bits per heavy atom. The number of nitrogens with one attached hydrogen (secondary N) is 1. The van der Waals surface area contributed by atoms with Crippen LogP contribution >= 0.6 is 0 Å². The second kappa shape index (κ2) is 8.94. The number of hydrogen-bond acceptors (Lipinski definition) is 6. The SMILES string of the molecule is CNC(=O)C1CC2CCCCC2CN1CC(O)C1COC(c2cccc(O)c2C)=N1. The highest BCUT2D eigenvalue weighted by Gasteiger charge is 2.41. The topological polar surface area (TPSA) is 94.4 Å². The lowest BCUT2D eigenvalue weighted by molar-refractivity contribution is -0.130. The molecule has 3 N–H and O–H groups in total. The zero-order valence-electron chi connectivity index (χ0n) is 17.9. The Morgan fingerprint density at radius 3 is 2.87 bits per heavy atom. The predicted octanol–water partition coefficient (Wildman–Crippen LogP) is 1.83. The molecule has 164 valence electrons. The smallest absolute Gasteiger partial charge is 0.237 e. The molecule has 0 aromatic heterocycles. The molecule has 2 aliphatic heterocycles. The van der Waals surface area contributed by atoms with Crippen LogP contribution in [-0.2, 0) is 9.53 Å². The van der Waals surface area contributed by atoms with E-state index < -0.39 is 6.10 Å². The molecule has 3 aliphatic rings. The third-order valence-corrected chi connectivity index (χ3v) is 7.13. The highest BCUT2D eigenvalue weighted by molar-refractivity contribution is 5.97. The first-order valence-electron chi connectivity index (χ1n) is 11.1. The van der Waals surface area contributed by atoms with Gasteiger partial charge in [0.15, 0.2) is 0 Å². The predicted molar refractivity (Wildman–Crippen MR) is 115 cm³/mol. The number of aliphatic hydroxyl groups excluding tert-OH is 1. The highest BCUT2D eigenvalue weighted by Crippen LogP contribution is 2.38. The lowest BCUT2D eigenvalue weighted by Crippen LogP contribution is -2.56. The zero-order chi connectivity index (χ0) is 21.3. The summed E-state index contributed by atoms with van der Waals surface area (Å²) in [4.78, 5) is 19.3. The normalized spacial score (nSPS) is 30.2. The van der Waals surface area contributed by atoms with Gasteiger partial charge in [0.2, 0.25) is 11.8 Å². The van der Waals surface area contributed by atoms with Crippen molar-refractivity contribution in [3.63, 3.8) is 0 Å². The number of carbonyl (C=O) groups excluding carboxylic acids is 1. The summed E-state index contributed by atoms with van der Waals surface area (Å²) < 4.78 is 5.76. The largest absolute Gasteiger partial charge is 0.508 e. The summed E-state index contributed by atoms with van der Waals surface area (Å²) in [5.41, 5.74) is 1.46. The molecule has 1 amide bonds. The summed E-state index contributed by atoms with van der Waals surface area (Å²) in [5, 5.41) is 23.7. The molecule has 7 heteroatoms. The van der Waals surface area contributed by atoms with Crippen LogP contribution in [0.2, 0.25) is 0 Å². The van der Waals surface area contributed by atoms with Gasteiger partial charge in [0.05, 0.1) is 12.1 Å². The lowest BCUT2D eigenvalue weighted by Gasteiger charge is -2.46. The molecule has 2 fully saturated rings. The molecule has 5 unspecified atom stereocenters. The average molecular weight is 416 g/mol. The first-order valence-corrected chi connectivity index (χ1v) is 11.1. The Balaban J connectivity index is 1.46.